The van der Waals surface area contributed by atoms with E-state index in [1.54, 1.807) is 6.08 Å². The topological polar surface area (TPSA) is 29.4 Å². The van der Waals surface area contributed by atoms with Gasteiger partial charge in [0.25, 0.3) is 0 Å². The van der Waals surface area contributed by atoms with Crippen molar-refractivity contribution in [2.75, 3.05) is 6.54 Å². The Labute approximate surface area is 91.0 Å². The van der Waals surface area contributed by atoms with E-state index in [1.807, 2.05) is 0 Å². The van der Waals surface area contributed by atoms with Gasteiger partial charge in [0, 0.05) is 0 Å². The van der Waals surface area contributed by atoms with Crippen LogP contribution in [0.4, 0.5) is 0 Å². The molecular weight excluding hydrogens is 186 g/mol. The van der Waals surface area contributed by atoms with Crippen molar-refractivity contribution >= 4 is 6.08 Å². The lowest BCUT2D eigenvalue weighted by Gasteiger charge is -2.06. The van der Waals surface area contributed by atoms with Gasteiger partial charge in [0.15, 0.2) is 0 Å². The van der Waals surface area contributed by atoms with Crippen LogP contribution in [0.5, 0.6) is 0 Å². The lowest BCUT2D eigenvalue weighted by molar-refractivity contribution is 0.562. The number of benzene rings is 1. The monoisotopic (exact) mass is 203 g/mol. The molecule has 0 aromatic heterocycles. The maximum Gasteiger partial charge on any atom is 0.234 e. The Balaban J connectivity index is 2.46. The van der Waals surface area contributed by atoms with Crippen LogP contribution in [0.15, 0.2) is 29.3 Å². The molecule has 0 radical (unpaired) electrons. The summed E-state index contributed by atoms with van der Waals surface area (Å²) in [7, 11) is 0. The third-order valence-corrected chi connectivity index (χ3v) is 2.45. The summed E-state index contributed by atoms with van der Waals surface area (Å²) in [6, 6.07) is 8.64. The van der Waals surface area contributed by atoms with Gasteiger partial charge in [-0.2, -0.15) is 0 Å². The summed E-state index contributed by atoms with van der Waals surface area (Å²) in [4.78, 5) is 13.4. The number of carbonyl (C=O) groups excluding carboxylic acids is 1. The van der Waals surface area contributed by atoms with Crippen molar-refractivity contribution in [3.05, 3.63) is 35.4 Å². The molecule has 1 aromatic carbocycles. The molecule has 80 valence electrons. The molecule has 0 N–H and O–H groups in total. The largest absolute Gasteiger partial charge is 0.234 e. The maximum absolute atomic E-state index is 9.84. The summed E-state index contributed by atoms with van der Waals surface area (Å²) in [5, 5.41) is 0. The molecule has 1 aromatic rings. The molecule has 0 saturated carbocycles. The highest BCUT2D eigenvalue weighted by atomic mass is 16.1. The predicted molar refractivity (Wildman–Crippen MR) is 61.8 cm³/mol. The van der Waals surface area contributed by atoms with Crippen LogP contribution in [0, 0.1) is 0 Å². The van der Waals surface area contributed by atoms with E-state index in [4.69, 9.17) is 0 Å². The number of aryl methyl sites for hydroxylation is 1. The zero-order valence-electron chi connectivity index (χ0n) is 9.36. The summed E-state index contributed by atoms with van der Waals surface area (Å²) in [5.74, 6) is 0.582. The molecule has 0 atom stereocenters. The van der Waals surface area contributed by atoms with Crippen molar-refractivity contribution in [2.24, 2.45) is 4.99 Å². The zero-order chi connectivity index (χ0) is 11.1. The number of aliphatic imine (C=N–C) groups is 1. The third-order valence-electron chi connectivity index (χ3n) is 2.45. The standard InChI is InChI=1S/C13H17NO/c1-11(2)13-7-5-12(6-8-13)4-3-9-14-10-15/h5-8,11H,3-4,9H2,1-2H3. The zero-order valence-corrected chi connectivity index (χ0v) is 9.36. The first-order chi connectivity index (χ1) is 7.24. The fourth-order valence-corrected chi connectivity index (χ4v) is 1.48. The highest BCUT2D eigenvalue weighted by molar-refractivity contribution is 5.32. The van der Waals surface area contributed by atoms with Gasteiger partial charge in [0.2, 0.25) is 6.08 Å². The second kappa shape index (κ2) is 6.15. The van der Waals surface area contributed by atoms with E-state index >= 15 is 0 Å². The molecule has 0 bridgehead atoms. The molecule has 0 unspecified atom stereocenters. The minimum absolute atomic E-state index is 0.579. The molecule has 0 fully saturated rings. The van der Waals surface area contributed by atoms with Crippen molar-refractivity contribution in [1.29, 1.82) is 0 Å². The molecule has 0 spiro atoms. The Morgan fingerprint density at radius 2 is 1.93 bits per heavy atom. The minimum Gasteiger partial charge on any atom is -0.211 e. The lowest BCUT2D eigenvalue weighted by atomic mass is 10.0. The third kappa shape index (κ3) is 4.09. The highest BCUT2D eigenvalue weighted by Gasteiger charge is 1.98. The lowest BCUT2D eigenvalue weighted by Crippen LogP contribution is -1.91. The second-order valence-electron chi connectivity index (χ2n) is 3.97. The van der Waals surface area contributed by atoms with Crippen LogP contribution in [0.2, 0.25) is 0 Å². The maximum atomic E-state index is 9.84. The van der Waals surface area contributed by atoms with Crippen LogP contribution in [-0.2, 0) is 11.2 Å². The van der Waals surface area contributed by atoms with Crippen LogP contribution in [-0.4, -0.2) is 12.6 Å². The SMILES string of the molecule is CC(C)c1ccc(CCCN=C=O)cc1. The molecule has 15 heavy (non-hydrogen) atoms. The van der Waals surface area contributed by atoms with Crippen molar-refractivity contribution in [3.63, 3.8) is 0 Å². The number of nitrogens with zero attached hydrogens (tertiary/aromatic N) is 1. The summed E-state index contributed by atoms with van der Waals surface area (Å²) in [6.45, 7) is 4.96. The highest BCUT2D eigenvalue weighted by Crippen LogP contribution is 2.15. The van der Waals surface area contributed by atoms with Gasteiger partial charge in [0.1, 0.15) is 0 Å². The Morgan fingerprint density at radius 3 is 2.47 bits per heavy atom. The van der Waals surface area contributed by atoms with Crippen molar-refractivity contribution in [1.82, 2.24) is 0 Å². The number of hydrogen-bond acceptors (Lipinski definition) is 2. The normalized spacial score (nSPS) is 10.1. The Hall–Kier alpha value is -1.40. The van der Waals surface area contributed by atoms with Crippen LogP contribution >= 0.6 is 0 Å². The van der Waals surface area contributed by atoms with E-state index < -0.39 is 0 Å². The van der Waals surface area contributed by atoms with Crippen LogP contribution < -0.4 is 0 Å². The quantitative estimate of drug-likeness (QED) is 0.411. The predicted octanol–water partition coefficient (Wildman–Crippen LogP) is 3.08. The van der Waals surface area contributed by atoms with Gasteiger partial charge in [-0.15, -0.1) is 0 Å². The molecule has 0 aliphatic heterocycles. The Morgan fingerprint density at radius 1 is 1.27 bits per heavy atom. The Kier molecular flexibility index (Phi) is 4.79. The number of isocyanates is 1. The van der Waals surface area contributed by atoms with Gasteiger partial charge >= 0.3 is 0 Å². The first-order valence-corrected chi connectivity index (χ1v) is 5.36. The van der Waals surface area contributed by atoms with Gasteiger partial charge in [-0.25, -0.2) is 9.79 Å². The number of rotatable bonds is 5. The van der Waals surface area contributed by atoms with E-state index in [0.29, 0.717) is 12.5 Å². The van der Waals surface area contributed by atoms with Crippen molar-refractivity contribution in [3.8, 4) is 0 Å². The molecule has 0 aliphatic rings. The van der Waals surface area contributed by atoms with Gasteiger partial charge in [0.05, 0.1) is 6.54 Å². The van der Waals surface area contributed by atoms with E-state index in [1.165, 1.54) is 11.1 Å². The molecule has 2 heteroatoms. The summed E-state index contributed by atoms with van der Waals surface area (Å²) >= 11 is 0. The van der Waals surface area contributed by atoms with Crippen molar-refractivity contribution < 1.29 is 4.79 Å². The Bertz CT molecular complexity index is 334. The van der Waals surface area contributed by atoms with Gasteiger partial charge in [-0.05, 0) is 29.9 Å². The number of hydrogen-bond donors (Lipinski definition) is 0. The van der Waals surface area contributed by atoms with E-state index in [9.17, 15) is 4.79 Å². The fourth-order valence-electron chi connectivity index (χ4n) is 1.48. The van der Waals surface area contributed by atoms with Crippen LogP contribution in [0.25, 0.3) is 0 Å². The molecular formula is C13H17NO. The van der Waals surface area contributed by atoms with E-state index in [-0.39, 0.29) is 0 Å². The minimum atomic E-state index is 0.579. The van der Waals surface area contributed by atoms with Crippen LogP contribution in [0.3, 0.4) is 0 Å². The first kappa shape index (κ1) is 11.7. The molecule has 1 rings (SSSR count). The molecule has 2 nitrogen and oxygen atoms in total. The summed E-state index contributed by atoms with van der Waals surface area (Å²) in [5.41, 5.74) is 2.67. The fraction of sp³-hybridized carbons (Fsp3) is 0.462. The summed E-state index contributed by atoms with van der Waals surface area (Å²) < 4.78 is 0. The van der Waals surface area contributed by atoms with Gasteiger partial charge in [-0.1, -0.05) is 38.1 Å². The van der Waals surface area contributed by atoms with Crippen LogP contribution in [0.1, 0.15) is 37.3 Å². The smallest absolute Gasteiger partial charge is 0.211 e. The van der Waals surface area contributed by atoms with Crippen molar-refractivity contribution in [2.45, 2.75) is 32.6 Å². The molecule has 0 saturated heterocycles. The van der Waals surface area contributed by atoms with E-state index in [0.717, 1.165) is 12.8 Å². The first-order valence-electron chi connectivity index (χ1n) is 5.36. The summed E-state index contributed by atoms with van der Waals surface area (Å²) in [6.07, 6.45) is 3.44. The average Bonchev–Trinajstić information content (AvgIpc) is 2.25. The molecule has 0 heterocycles. The van der Waals surface area contributed by atoms with Gasteiger partial charge < -0.3 is 0 Å². The van der Waals surface area contributed by atoms with Gasteiger partial charge in [-0.3, -0.25) is 0 Å². The average molecular weight is 203 g/mol. The molecule has 0 aliphatic carbocycles. The molecule has 0 amide bonds. The van der Waals surface area contributed by atoms with E-state index in [2.05, 4.69) is 43.1 Å². The second-order valence-corrected chi connectivity index (χ2v) is 3.97.